The van der Waals surface area contributed by atoms with Gasteiger partial charge in [0.1, 0.15) is 9.84 Å². The zero-order chi connectivity index (χ0) is 13.9. The summed E-state index contributed by atoms with van der Waals surface area (Å²) in [6.45, 7) is 0.507. The van der Waals surface area contributed by atoms with Gasteiger partial charge in [0.2, 0.25) is 0 Å². The molecule has 0 radical (unpaired) electrons. The van der Waals surface area contributed by atoms with Crippen molar-refractivity contribution in [3.8, 4) is 11.4 Å². The maximum absolute atomic E-state index is 11.1. The zero-order valence-electron chi connectivity index (χ0n) is 10.4. The number of rotatable bonds is 5. The van der Waals surface area contributed by atoms with Gasteiger partial charge in [-0.1, -0.05) is 0 Å². The number of nitrogens with one attached hydrogen (secondary N) is 1. The molecule has 2 aromatic heterocycles. The number of aromatic nitrogens is 4. The van der Waals surface area contributed by atoms with Crippen molar-refractivity contribution < 1.29 is 8.42 Å². The Hall–Kier alpha value is -1.54. The van der Waals surface area contributed by atoms with Gasteiger partial charge in [0, 0.05) is 30.8 Å². The minimum absolute atomic E-state index is 0.131. The van der Waals surface area contributed by atoms with E-state index >= 15 is 0 Å². The van der Waals surface area contributed by atoms with Crippen molar-refractivity contribution in [1.29, 1.82) is 0 Å². The van der Waals surface area contributed by atoms with E-state index in [2.05, 4.69) is 15.2 Å². The number of hydrogen-bond donors (Lipinski definition) is 1. The summed E-state index contributed by atoms with van der Waals surface area (Å²) in [5.41, 5.74) is 0.842. The summed E-state index contributed by atoms with van der Waals surface area (Å²) in [5.74, 6) is 0.804. The smallest absolute Gasteiger partial charge is 0.195 e. The first-order valence-electron chi connectivity index (χ1n) is 5.71. The molecule has 0 atom stereocenters. The van der Waals surface area contributed by atoms with Crippen LogP contribution in [0.5, 0.6) is 0 Å². The molecular formula is C11H14N4O2S2. The first-order valence-corrected chi connectivity index (χ1v) is 8.17. The van der Waals surface area contributed by atoms with E-state index in [4.69, 9.17) is 12.2 Å². The molecular weight excluding hydrogens is 284 g/mol. The molecule has 0 saturated heterocycles. The number of hydrogen-bond acceptors (Lipinski definition) is 5. The van der Waals surface area contributed by atoms with E-state index in [1.165, 1.54) is 6.26 Å². The minimum atomic E-state index is -2.96. The molecule has 0 aromatic carbocycles. The molecule has 0 aliphatic heterocycles. The van der Waals surface area contributed by atoms with Crippen LogP contribution >= 0.6 is 12.2 Å². The van der Waals surface area contributed by atoms with Gasteiger partial charge in [0.25, 0.3) is 0 Å². The summed E-state index contributed by atoms with van der Waals surface area (Å²) in [6.07, 6.45) is 5.10. The lowest BCUT2D eigenvalue weighted by molar-refractivity contribution is 0.591. The molecule has 8 heteroatoms. The Morgan fingerprint density at radius 3 is 2.89 bits per heavy atom. The van der Waals surface area contributed by atoms with E-state index < -0.39 is 9.84 Å². The fourth-order valence-electron chi connectivity index (χ4n) is 1.73. The Kier molecular flexibility index (Phi) is 4.11. The van der Waals surface area contributed by atoms with E-state index in [0.29, 0.717) is 23.6 Å². The third kappa shape index (κ3) is 3.71. The fourth-order valence-corrected chi connectivity index (χ4v) is 2.60. The van der Waals surface area contributed by atoms with Crippen LogP contribution in [0.15, 0.2) is 24.5 Å². The summed E-state index contributed by atoms with van der Waals surface area (Å²) in [4.78, 5) is 4.03. The van der Waals surface area contributed by atoms with Crippen LogP contribution in [0.2, 0.25) is 0 Å². The SMILES string of the molecule is CS(=O)(=O)CCCn1c(-c2cccnc2)n[nH]c1=S. The van der Waals surface area contributed by atoms with E-state index in [9.17, 15) is 8.42 Å². The van der Waals surface area contributed by atoms with Crippen molar-refractivity contribution in [2.45, 2.75) is 13.0 Å². The predicted molar refractivity (Wildman–Crippen MR) is 75.0 cm³/mol. The number of sulfone groups is 1. The van der Waals surface area contributed by atoms with Gasteiger partial charge < -0.3 is 4.57 Å². The highest BCUT2D eigenvalue weighted by atomic mass is 32.2. The standard InChI is InChI=1S/C11H14N4O2S2/c1-19(16,17)7-3-6-15-10(13-14-11(15)18)9-4-2-5-12-8-9/h2,4-5,8H,3,6-7H2,1H3,(H,14,18). The van der Waals surface area contributed by atoms with Gasteiger partial charge >= 0.3 is 0 Å². The third-order valence-electron chi connectivity index (χ3n) is 2.57. The van der Waals surface area contributed by atoms with Gasteiger partial charge in [0.15, 0.2) is 10.6 Å². The maximum Gasteiger partial charge on any atom is 0.195 e. The Morgan fingerprint density at radius 2 is 2.26 bits per heavy atom. The highest BCUT2D eigenvalue weighted by Gasteiger charge is 2.09. The summed E-state index contributed by atoms with van der Waals surface area (Å²) in [7, 11) is -2.96. The van der Waals surface area contributed by atoms with Gasteiger partial charge in [-0.2, -0.15) is 5.10 Å². The van der Waals surface area contributed by atoms with Gasteiger partial charge in [0.05, 0.1) is 5.75 Å². The van der Waals surface area contributed by atoms with Crippen molar-refractivity contribution in [3.05, 3.63) is 29.3 Å². The van der Waals surface area contributed by atoms with Crippen molar-refractivity contribution in [2.75, 3.05) is 12.0 Å². The van der Waals surface area contributed by atoms with Crippen LogP contribution in [0.1, 0.15) is 6.42 Å². The average molecular weight is 298 g/mol. The molecule has 0 unspecified atom stereocenters. The monoisotopic (exact) mass is 298 g/mol. The largest absolute Gasteiger partial charge is 0.300 e. The van der Waals surface area contributed by atoms with Gasteiger partial charge in [-0.15, -0.1) is 0 Å². The molecule has 0 amide bonds. The normalized spacial score (nSPS) is 11.6. The molecule has 6 nitrogen and oxygen atoms in total. The molecule has 0 fully saturated rings. The molecule has 2 heterocycles. The summed E-state index contributed by atoms with van der Waals surface area (Å²) in [5, 5.41) is 6.88. The highest BCUT2D eigenvalue weighted by molar-refractivity contribution is 7.90. The lowest BCUT2D eigenvalue weighted by Gasteiger charge is -2.05. The van der Waals surface area contributed by atoms with Crippen LogP contribution in [0.3, 0.4) is 0 Å². The highest BCUT2D eigenvalue weighted by Crippen LogP contribution is 2.15. The third-order valence-corrected chi connectivity index (χ3v) is 3.92. The zero-order valence-corrected chi connectivity index (χ0v) is 12.0. The molecule has 0 aliphatic rings. The topological polar surface area (TPSA) is 80.6 Å². The molecule has 2 rings (SSSR count). The van der Waals surface area contributed by atoms with Gasteiger partial charge in [-0.3, -0.25) is 10.1 Å². The quantitative estimate of drug-likeness (QED) is 0.845. The van der Waals surface area contributed by atoms with Crippen LogP contribution < -0.4 is 0 Å². The lowest BCUT2D eigenvalue weighted by atomic mass is 10.2. The van der Waals surface area contributed by atoms with Gasteiger partial charge in [-0.25, -0.2) is 8.42 Å². The Bertz CT molecular complexity index is 704. The summed E-state index contributed by atoms with van der Waals surface area (Å²) < 4.78 is 24.5. The number of aromatic amines is 1. The van der Waals surface area contributed by atoms with Crippen LogP contribution in [0.25, 0.3) is 11.4 Å². The molecule has 0 spiro atoms. The van der Waals surface area contributed by atoms with Crippen LogP contribution in [0, 0.1) is 4.77 Å². The Balaban J connectivity index is 2.22. The molecule has 0 bridgehead atoms. The van der Waals surface area contributed by atoms with Crippen molar-refractivity contribution in [1.82, 2.24) is 19.7 Å². The minimum Gasteiger partial charge on any atom is -0.300 e. The maximum atomic E-state index is 11.1. The Morgan fingerprint density at radius 1 is 1.47 bits per heavy atom. The number of nitrogens with zero attached hydrogens (tertiary/aromatic N) is 3. The molecule has 0 aliphatic carbocycles. The molecule has 1 N–H and O–H groups in total. The second-order valence-corrected chi connectivity index (χ2v) is 6.88. The number of pyridine rings is 1. The van der Waals surface area contributed by atoms with Crippen LogP contribution in [-0.2, 0) is 16.4 Å². The average Bonchev–Trinajstić information content (AvgIpc) is 2.71. The summed E-state index contributed by atoms with van der Waals surface area (Å²) >= 11 is 5.15. The number of H-pyrrole nitrogens is 1. The molecule has 102 valence electrons. The van der Waals surface area contributed by atoms with Crippen LogP contribution in [-0.4, -0.2) is 40.2 Å². The first kappa shape index (κ1) is 13.9. The summed E-state index contributed by atoms with van der Waals surface area (Å²) in [6, 6.07) is 3.69. The second-order valence-electron chi connectivity index (χ2n) is 4.23. The predicted octanol–water partition coefficient (Wildman–Crippen LogP) is 1.44. The Labute approximate surface area is 116 Å². The van der Waals surface area contributed by atoms with Gasteiger partial charge in [-0.05, 0) is 30.8 Å². The fraction of sp³-hybridized carbons (Fsp3) is 0.364. The van der Waals surface area contributed by atoms with E-state index in [1.807, 2.05) is 12.1 Å². The second kappa shape index (κ2) is 5.62. The molecule has 2 aromatic rings. The van der Waals surface area contributed by atoms with E-state index in [0.717, 1.165) is 5.56 Å². The van der Waals surface area contributed by atoms with Crippen molar-refractivity contribution in [2.24, 2.45) is 0 Å². The van der Waals surface area contributed by atoms with E-state index in [1.54, 1.807) is 17.0 Å². The molecule has 0 saturated carbocycles. The first-order chi connectivity index (χ1) is 8.97. The van der Waals surface area contributed by atoms with E-state index in [-0.39, 0.29) is 5.75 Å². The van der Waals surface area contributed by atoms with Crippen LogP contribution in [0.4, 0.5) is 0 Å². The van der Waals surface area contributed by atoms with Crippen molar-refractivity contribution >= 4 is 22.1 Å². The van der Waals surface area contributed by atoms with Crippen molar-refractivity contribution in [3.63, 3.8) is 0 Å². The molecule has 19 heavy (non-hydrogen) atoms. The lowest BCUT2D eigenvalue weighted by Crippen LogP contribution is -2.08.